The molecule has 0 spiro atoms. The second-order valence-corrected chi connectivity index (χ2v) is 4.45. The molecule has 22 heavy (non-hydrogen) atoms. The molecule has 0 saturated carbocycles. The van der Waals surface area contributed by atoms with Gasteiger partial charge in [0.2, 0.25) is 0 Å². The molecule has 1 aromatic heterocycles. The quantitative estimate of drug-likeness (QED) is 0.828. The van der Waals surface area contributed by atoms with Gasteiger partial charge < -0.3 is 9.84 Å². The summed E-state index contributed by atoms with van der Waals surface area (Å²) < 4.78 is 5.37. The number of allylic oxidation sites excluding steroid dienone is 1. The van der Waals surface area contributed by atoms with Crippen LogP contribution < -0.4 is 4.74 Å². The molecular weight excluding hydrogens is 280 g/mol. The maximum Gasteiger partial charge on any atom is 0.306 e. The molecule has 1 heterocycles. The van der Waals surface area contributed by atoms with Gasteiger partial charge >= 0.3 is 5.97 Å². The van der Waals surface area contributed by atoms with E-state index in [-0.39, 0.29) is 13.0 Å². The molecule has 0 aliphatic heterocycles. The van der Waals surface area contributed by atoms with Crippen molar-refractivity contribution in [1.82, 2.24) is 4.98 Å². The number of nitrogens with zero attached hydrogens (tertiary/aromatic N) is 2. The molecule has 0 bridgehead atoms. The van der Waals surface area contributed by atoms with Crippen LogP contribution in [0.15, 0.2) is 48.7 Å². The summed E-state index contributed by atoms with van der Waals surface area (Å²) in [4.78, 5) is 14.6. The zero-order valence-corrected chi connectivity index (χ0v) is 11.8. The molecule has 5 heteroatoms. The summed E-state index contributed by atoms with van der Waals surface area (Å²) in [6.07, 6.45) is 3.29. The summed E-state index contributed by atoms with van der Waals surface area (Å²) in [7, 11) is 0. The fourth-order valence-corrected chi connectivity index (χ4v) is 1.80. The van der Waals surface area contributed by atoms with Crippen molar-refractivity contribution in [3.05, 3.63) is 59.9 Å². The van der Waals surface area contributed by atoms with E-state index < -0.39 is 5.97 Å². The van der Waals surface area contributed by atoms with Crippen LogP contribution in [-0.2, 0) is 4.79 Å². The Labute approximate surface area is 128 Å². The van der Waals surface area contributed by atoms with E-state index in [1.54, 1.807) is 42.6 Å². The number of aliphatic carboxylic acids is 1. The van der Waals surface area contributed by atoms with Crippen molar-refractivity contribution in [2.45, 2.75) is 6.42 Å². The van der Waals surface area contributed by atoms with E-state index in [1.807, 2.05) is 12.1 Å². The van der Waals surface area contributed by atoms with Crippen LogP contribution in [0.5, 0.6) is 5.75 Å². The van der Waals surface area contributed by atoms with E-state index in [0.29, 0.717) is 17.0 Å². The molecule has 2 rings (SSSR count). The van der Waals surface area contributed by atoms with Gasteiger partial charge in [-0.25, -0.2) is 0 Å². The number of carboxylic acids is 1. The molecule has 0 aliphatic carbocycles. The van der Waals surface area contributed by atoms with Crippen LogP contribution in [0, 0.1) is 11.3 Å². The lowest BCUT2D eigenvalue weighted by atomic mass is 10.1. The first kappa shape index (κ1) is 15.3. The van der Waals surface area contributed by atoms with Crippen molar-refractivity contribution in [2.75, 3.05) is 6.61 Å². The highest BCUT2D eigenvalue weighted by molar-refractivity contribution is 5.88. The van der Waals surface area contributed by atoms with E-state index in [9.17, 15) is 10.1 Å². The Morgan fingerprint density at radius 3 is 2.86 bits per heavy atom. The number of pyridine rings is 1. The van der Waals surface area contributed by atoms with Gasteiger partial charge in [-0.3, -0.25) is 9.78 Å². The highest BCUT2D eigenvalue weighted by Crippen LogP contribution is 2.19. The molecule has 110 valence electrons. The van der Waals surface area contributed by atoms with Crippen LogP contribution in [0.1, 0.15) is 17.7 Å². The van der Waals surface area contributed by atoms with E-state index in [0.717, 1.165) is 5.56 Å². The van der Waals surface area contributed by atoms with Crippen molar-refractivity contribution in [3.63, 3.8) is 0 Å². The second-order valence-electron chi connectivity index (χ2n) is 4.45. The first-order valence-electron chi connectivity index (χ1n) is 6.67. The summed E-state index contributed by atoms with van der Waals surface area (Å²) >= 11 is 0. The van der Waals surface area contributed by atoms with E-state index >= 15 is 0 Å². The van der Waals surface area contributed by atoms with Gasteiger partial charge in [-0.2, -0.15) is 5.26 Å². The highest BCUT2D eigenvalue weighted by atomic mass is 16.5. The lowest BCUT2D eigenvalue weighted by Crippen LogP contribution is -2.04. The Kier molecular flexibility index (Phi) is 5.27. The van der Waals surface area contributed by atoms with Gasteiger partial charge in [0.1, 0.15) is 11.8 Å². The number of hydrogen-bond donors (Lipinski definition) is 1. The molecule has 2 aromatic rings. The molecule has 0 fully saturated rings. The van der Waals surface area contributed by atoms with Gasteiger partial charge in [0, 0.05) is 6.20 Å². The van der Waals surface area contributed by atoms with Crippen molar-refractivity contribution in [2.24, 2.45) is 0 Å². The maximum absolute atomic E-state index is 10.5. The fraction of sp³-hybridized carbons (Fsp3) is 0.118. The number of nitriles is 1. The van der Waals surface area contributed by atoms with Gasteiger partial charge in [0.25, 0.3) is 0 Å². The van der Waals surface area contributed by atoms with Crippen molar-refractivity contribution in [3.8, 4) is 11.8 Å². The molecule has 0 amide bonds. The lowest BCUT2D eigenvalue weighted by Gasteiger charge is -2.05. The third-order valence-corrected chi connectivity index (χ3v) is 2.82. The first-order chi connectivity index (χ1) is 10.7. The summed E-state index contributed by atoms with van der Waals surface area (Å²) in [6.45, 7) is 0.105. The zero-order chi connectivity index (χ0) is 15.8. The molecule has 5 nitrogen and oxygen atoms in total. The Morgan fingerprint density at radius 1 is 1.32 bits per heavy atom. The van der Waals surface area contributed by atoms with Crippen LogP contribution in [0.25, 0.3) is 11.6 Å². The highest BCUT2D eigenvalue weighted by Gasteiger charge is 2.03. The predicted octanol–water partition coefficient (Wildman–Crippen LogP) is 3.00. The summed E-state index contributed by atoms with van der Waals surface area (Å²) in [5, 5.41) is 17.8. The van der Waals surface area contributed by atoms with Crippen molar-refractivity contribution in [1.29, 1.82) is 5.26 Å². The van der Waals surface area contributed by atoms with Gasteiger partial charge in [-0.05, 0) is 35.9 Å². The Morgan fingerprint density at radius 2 is 2.18 bits per heavy atom. The Balaban J connectivity index is 2.16. The largest absolute Gasteiger partial charge is 0.493 e. The number of aromatic nitrogens is 1. The van der Waals surface area contributed by atoms with Gasteiger partial charge in [0.05, 0.1) is 24.3 Å². The van der Waals surface area contributed by atoms with Crippen molar-refractivity contribution >= 4 is 17.6 Å². The minimum atomic E-state index is -0.905. The standard InChI is InChI=1S/C17H14N2O3/c18-12-14(16-6-1-2-8-19-16)10-13-4-3-5-15(11-13)22-9-7-17(20)21/h1-6,8,10-11H,7,9H2,(H,20,21)/b14-10+. The Hall–Kier alpha value is -3.13. The maximum atomic E-state index is 10.5. The van der Waals surface area contributed by atoms with Crippen LogP contribution >= 0.6 is 0 Å². The molecule has 0 radical (unpaired) electrons. The minimum Gasteiger partial charge on any atom is -0.493 e. The van der Waals surface area contributed by atoms with E-state index in [2.05, 4.69) is 11.1 Å². The predicted molar refractivity (Wildman–Crippen MR) is 81.9 cm³/mol. The third-order valence-electron chi connectivity index (χ3n) is 2.82. The van der Waals surface area contributed by atoms with Crippen molar-refractivity contribution < 1.29 is 14.6 Å². The van der Waals surface area contributed by atoms with Crippen LogP contribution in [0.2, 0.25) is 0 Å². The molecule has 0 atom stereocenters. The smallest absolute Gasteiger partial charge is 0.306 e. The Bertz CT molecular complexity index is 718. The van der Waals surface area contributed by atoms with Gasteiger partial charge in [-0.15, -0.1) is 0 Å². The summed E-state index contributed by atoms with van der Waals surface area (Å²) in [5.41, 5.74) is 1.83. The summed E-state index contributed by atoms with van der Waals surface area (Å²) in [6, 6.07) is 14.6. The average Bonchev–Trinajstić information content (AvgIpc) is 2.53. The average molecular weight is 294 g/mol. The molecule has 0 saturated heterocycles. The van der Waals surface area contributed by atoms with Crippen LogP contribution in [-0.4, -0.2) is 22.7 Å². The fourth-order valence-electron chi connectivity index (χ4n) is 1.80. The molecule has 1 aromatic carbocycles. The van der Waals surface area contributed by atoms with Crippen LogP contribution in [0.4, 0.5) is 0 Å². The zero-order valence-electron chi connectivity index (χ0n) is 11.8. The lowest BCUT2D eigenvalue weighted by molar-refractivity contribution is -0.137. The van der Waals surface area contributed by atoms with E-state index in [4.69, 9.17) is 9.84 Å². The first-order valence-corrected chi connectivity index (χ1v) is 6.67. The van der Waals surface area contributed by atoms with Gasteiger partial charge in [0.15, 0.2) is 0 Å². The SMILES string of the molecule is N#C/C(=C\c1cccc(OCCC(=O)O)c1)c1ccccn1. The normalized spacial score (nSPS) is 10.8. The van der Waals surface area contributed by atoms with Gasteiger partial charge in [-0.1, -0.05) is 18.2 Å². The number of benzene rings is 1. The third kappa shape index (κ3) is 4.46. The van der Waals surface area contributed by atoms with E-state index in [1.165, 1.54) is 0 Å². The second kappa shape index (κ2) is 7.60. The summed E-state index contributed by atoms with van der Waals surface area (Å²) in [5.74, 6) is -0.341. The number of carbonyl (C=O) groups is 1. The molecule has 1 N–H and O–H groups in total. The number of rotatable bonds is 6. The molecule has 0 aliphatic rings. The molecular formula is C17H14N2O3. The monoisotopic (exact) mass is 294 g/mol. The minimum absolute atomic E-state index is 0.0581. The number of hydrogen-bond acceptors (Lipinski definition) is 4. The number of ether oxygens (including phenoxy) is 1. The van der Waals surface area contributed by atoms with Crippen LogP contribution in [0.3, 0.4) is 0 Å². The number of carboxylic acid groups (broad SMARTS) is 1. The molecule has 0 unspecified atom stereocenters. The topological polar surface area (TPSA) is 83.2 Å².